The summed E-state index contributed by atoms with van der Waals surface area (Å²) in [6.07, 6.45) is 0.748. The van der Waals surface area contributed by atoms with Crippen molar-refractivity contribution in [2.45, 2.75) is 23.5 Å². The molecular weight excluding hydrogens is 215 g/mol. The van der Waals surface area contributed by atoms with Crippen LogP contribution in [-0.4, -0.2) is 16.3 Å². The standard InChI is InChI=1S/C10H13FN2OS/c1-2-9(10(12)13-14)15-8-5-3-7(11)4-6-8/h3-6,9,14H,2H2,1H3,(H2,12,13). The van der Waals surface area contributed by atoms with Crippen LogP contribution >= 0.6 is 11.8 Å². The molecule has 0 aliphatic heterocycles. The van der Waals surface area contributed by atoms with Crippen molar-refractivity contribution in [1.82, 2.24) is 0 Å². The fraction of sp³-hybridized carbons (Fsp3) is 0.300. The van der Waals surface area contributed by atoms with E-state index in [0.29, 0.717) is 0 Å². The summed E-state index contributed by atoms with van der Waals surface area (Å²) >= 11 is 1.45. The molecule has 0 fully saturated rings. The van der Waals surface area contributed by atoms with Gasteiger partial charge in [0.05, 0.1) is 5.25 Å². The highest BCUT2D eigenvalue weighted by molar-refractivity contribution is 8.00. The average molecular weight is 228 g/mol. The van der Waals surface area contributed by atoms with E-state index in [4.69, 9.17) is 10.9 Å². The summed E-state index contributed by atoms with van der Waals surface area (Å²) in [4.78, 5) is 0.898. The number of rotatable bonds is 4. The molecule has 1 rings (SSSR count). The number of hydrogen-bond donors (Lipinski definition) is 2. The Morgan fingerprint density at radius 3 is 2.60 bits per heavy atom. The highest BCUT2D eigenvalue weighted by atomic mass is 32.2. The summed E-state index contributed by atoms with van der Waals surface area (Å²) in [5.41, 5.74) is 5.51. The normalized spacial score (nSPS) is 13.9. The van der Waals surface area contributed by atoms with Crippen LogP contribution in [0.4, 0.5) is 4.39 Å². The first kappa shape index (κ1) is 11.8. The van der Waals surface area contributed by atoms with E-state index in [9.17, 15) is 4.39 Å². The van der Waals surface area contributed by atoms with E-state index >= 15 is 0 Å². The Morgan fingerprint density at radius 1 is 1.53 bits per heavy atom. The van der Waals surface area contributed by atoms with Gasteiger partial charge in [-0.2, -0.15) is 0 Å². The molecule has 0 bridgehead atoms. The van der Waals surface area contributed by atoms with Gasteiger partial charge in [-0.15, -0.1) is 11.8 Å². The Morgan fingerprint density at radius 2 is 2.13 bits per heavy atom. The van der Waals surface area contributed by atoms with Crippen LogP contribution in [0.15, 0.2) is 34.3 Å². The van der Waals surface area contributed by atoms with Crippen molar-refractivity contribution in [3.05, 3.63) is 30.1 Å². The van der Waals surface area contributed by atoms with Crippen molar-refractivity contribution < 1.29 is 9.60 Å². The zero-order valence-corrected chi connectivity index (χ0v) is 9.17. The molecule has 0 heterocycles. The highest BCUT2D eigenvalue weighted by Crippen LogP contribution is 2.25. The first-order valence-corrected chi connectivity index (χ1v) is 5.45. The first-order chi connectivity index (χ1) is 7.17. The summed E-state index contributed by atoms with van der Waals surface area (Å²) in [5, 5.41) is 11.4. The third-order valence-corrected chi connectivity index (χ3v) is 3.31. The Kier molecular flexibility index (Phi) is 4.42. The molecule has 0 aliphatic carbocycles. The van der Waals surface area contributed by atoms with Crippen molar-refractivity contribution in [1.29, 1.82) is 0 Å². The smallest absolute Gasteiger partial charge is 0.152 e. The van der Waals surface area contributed by atoms with Gasteiger partial charge in [-0.3, -0.25) is 0 Å². The Hall–Kier alpha value is -1.23. The fourth-order valence-electron chi connectivity index (χ4n) is 1.09. The lowest BCUT2D eigenvalue weighted by Gasteiger charge is -2.12. The van der Waals surface area contributed by atoms with E-state index in [2.05, 4.69) is 5.16 Å². The summed E-state index contributed by atoms with van der Waals surface area (Å²) in [6, 6.07) is 6.13. The van der Waals surface area contributed by atoms with Crippen LogP contribution < -0.4 is 5.73 Å². The zero-order valence-electron chi connectivity index (χ0n) is 8.35. The van der Waals surface area contributed by atoms with E-state index in [1.807, 2.05) is 6.92 Å². The summed E-state index contributed by atoms with van der Waals surface area (Å²) in [7, 11) is 0. The van der Waals surface area contributed by atoms with Gasteiger partial charge < -0.3 is 10.9 Å². The topological polar surface area (TPSA) is 58.6 Å². The summed E-state index contributed by atoms with van der Waals surface area (Å²) in [5.74, 6) is -0.0805. The molecule has 1 atom stereocenters. The Bertz CT molecular complexity index is 340. The van der Waals surface area contributed by atoms with Crippen molar-refractivity contribution in [3.63, 3.8) is 0 Å². The second-order valence-electron chi connectivity index (χ2n) is 2.99. The Balaban J connectivity index is 2.71. The quantitative estimate of drug-likeness (QED) is 0.273. The second kappa shape index (κ2) is 5.60. The molecular formula is C10H13FN2OS. The number of oxime groups is 1. The van der Waals surface area contributed by atoms with Crippen molar-refractivity contribution in [3.8, 4) is 0 Å². The molecule has 1 aromatic carbocycles. The number of nitrogens with two attached hydrogens (primary N) is 1. The number of halogens is 1. The molecule has 1 unspecified atom stereocenters. The Labute approximate surface area is 92.2 Å². The van der Waals surface area contributed by atoms with Gasteiger partial charge in [-0.25, -0.2) is 4.39 Å². The number of hydrogen-bond acceptors (Lipinski definition) is 3. The van der Waals surface area contributed by atoms with Gasteiger partial charge in [0.25, 0.3) is 0 Å². The lowest BCUT2D eigenvalue weighted by molar-refractivity contribution is 0.317. The van der Waals surface area contributed by atoms with Crippen molar-refractivity contribution in [2.24, 2.45) is 10.9 Å². The first-order valence-electron chi connectivity index (χ1n) is 4.57. The molecule has 3 N–H and O–H groups in total. The minimum Gasteiger partial charge on any atom is -0.409 e. The molecule has 3 nitrogen and oxygen atoms in total. The van der Waals surface area contributed by atoms with Crippen LogP contribution in [0.3, 0.4) is 0 Å². The molecule has 0 aromatic heterocycles. The lowest BCUT2D eigenvalue weighted by Crippen LogP contribution is -2.25. The molecule has 0 saturated carbocycles. The monoisotopic (exact) mass is 228 g/mol. The minimum atomic E-state index is -0.267. The molecule has 0 aliphatic rings. The van der Waals surface area contributed by atoms with E-state index in [-0.39, 0.29) is 16.9 Å². The van der Waals surface area contributed by atoms with Crippen LogP contribution in [0.5, 0.6) is 0 Å². The molecule has 0 radical (unpaired) electrons. The van der Waals surface area contributed by atoms with E-state index in [0.717, 1.165) is 11.3 Å². The van der Waals surface area contributed by atoms with Gasteiger partial charge in [0.1, 0.15) is 5.82 Å². The van der Waals surface area contributed by atoms with Crippen molar-refractivity contribution >= 4 is 17.6 Å². The fourth-order valence-corrected chi connectivity index (χ4v) is 2.05. The highest BCUT2D eigenvalue weighted by Gasteiger charge is 2.13. The molecule has 0 saturated heterocycles. The number of thioether (sulfide) groups is 1. The minimum absolute atomic E-state index is 0.0829. The van der Waals surface area contributed by atoms with Gasteiger partial charge in [-0.05, 0) is 30.7 Å². The lowest BCUT2D eigenvalue weighted by atomic mass is 10.3. The van der Waals surface area contributed by atoms with Gasteiger partial charge >= 0.3 is 0 Å². The molecule has 5 heteroatoms. The van der Waals surface area contributed by atoms with E-state index in [1.165, 1.54) is 23.9 Å². The molecule has 82 valence electrons. The SMILES string of the molecule is CCC(Sc1ccc(F)cc1)C(N)=NO. The van der Waals surface area contributed by atoms with Crippen LogP contribution in [0.2, 0.25) is 0 Å². The largest absolute Gasteiger partial charge is 0.409 e. The van der Waals surface area contributed by atoms with Gasteiger partial charge in [0.2, 0.25) is 0 Å². The second-order valence-corrected chi connectivity index (χ2v) is 4.27. The predicted octanol–water partition coefficient (Wildman–Crippen LogP) is 2.44. The number of benzene rings is 1. The molecule has 0 amide bonds. The van der Waals surface area contributed by atoms with Crippen LogP contribution in [0.25, 0.3) is 0 Å². The molecule has 1 aromatic rings. The number of amidine groups is 1. The number of nitrogens with zero attached hydrogens (tertiary/aromatic N) is 1. The average Bonchev–Trinajstić information content (AvgIpc) is 2.27. The maximum Gasteiger partial charge on any atom is 0.152 e. The zero-order chi connectivity index (χ0) is 11.3. The summed E-state index contributed by atoms with van der Waals surface area (Å²) in [6.45, 7) is 1.94. The van der Waals surface area contributed by atoms with Gasteiger partial charge in [0.15, 0.2) is 5.84 Å². The van der Waals surface area contributed by atoms with Crippen LogP contribution in [0.1, 0.15) is 13.3 Å². The van der Waals surface area contributed by atoms with Gasteiger partial charge in [-0.1, -0.05) is 12.1 Å². The summed E-state index contributed by atoms with van der Waals surface area (Å²) < 4.78 is 12.6. The third-order valence-electron chi connectivity index (χ3n) is 1.91. The predicted molar refractivity (Wildman–Crippen MR) is 59.7 cm³/mol. The maximum absolute atomic E-state index is 12.6. The molecule has 15 heavy (non-hydrogen) atoms. The maximum atomic E-state index is 12.6. The van der Waals surface area contributed by atoms with Crippen LogP contribution in [-0.2, 0) is 0 Å². The third kappa shape index (κ3) is 3.43. The molecule has 0 spiro atoms. The van der Waals surface area contributed by atoms with E-state index < -0.39 is 0 Å². The van der Waals surface area contributed by atoms with Crippen LogP contribution in [0, 0.1) is 5.82 Å². The van der Waals surface area contributed by atoms with E-state index in [1.54, 1.807) is 12.1 Å². The van der Waals surface area contributed by atoms with Crippen molar-refractivity contribution in [2.75, 3.05) is 0 Å². The van der Waals surface area contributed by atoms with Gasteiger partial charge in [0, 0.05) is 4.90 Å².